The molecule has 1 aliphatic rings. The summed E-state index contributed by atoms with van der Waals surface area (Å²) in [6.07, 6.45) is -4.88. The first kappa shape index (κ1) is 24.6. The summed E-state index contributed by atoms with van der Waals surface area (Å²) >= 11 is 0. The zero-order valence-electron chi connectivity index (χ0n) is 17.3. The van der Waals surface area contributed by atoms with Crippen LogP contribution < -0.4 is 10.6 Å². The fourth-order valence-corrected chi connectivity index (χ4v) is 5.03. The zero-order valence-corrected chi connectivity index (χ0v) is 18.1. The number of nitrogens with one attached hydrogen (secondary N) is 2. The minimum absolute atomic E-state index is 0.0945. The first-order valence-electron chi connectivity index (χ1n) is 9.79. The largest absolute Gasteiger partial charge is 0.416 e. The number of hydrogen-bond acceptors (Lipinski definition) is 4. The minimum atomic E-state index is -4.71. The number of benzene rings is 1. The second kappa shape index (κ2) is 8.82. The molecule has 5 nitrogen and oxygen atoms in total. The van der Waals surface area contributed by atoms with Crippen molar-refractivity contribution in [3.63, 3.8) is 0 Å². The van der Waals surface area contributed by atoms with E-state index < -0.39 is 36.9 Å². The molecule has 1 saturated carbocycles. The third-order valence-corrected chi connectivity index (χ3v) is 7.46. The van der Waals surface area contributed by atoms with E-state index in [1.807, 2.05) is 0 Å². The van der Waals surface area contributed by atoms with Crippen LogP contribution in [0.4, 0.5) is 17.6 Å². The Bertz CT molecular complexity index is 856. The van der Waals surface area contributed by atoms with E-state index in [-0.39, 0.29) is 37.6 Å². The van der Waals surface area contributed by atoms with Gasteiger partial charge in [0.15, 0.2) is 0 Å². The van der Waals surface area contributed by atoms with Crippen LogP contribution >= 0.6 is 0 Å². The van der Waals surface area contributed by atoms with E-state index in [0.29, 0.717) is 19.2 Å². The molecule has 10 heteroatoms. The maximum absolute atomic E-state index is 15.3. The number of sulfone groups is 1. The van der Waals surface area contributed by atoms with E-state index in [0.717, 1.165) is 18.2 Å². The van der Waals surface area contributed by atoms with Crippen LogP contribution in [-0.2, 0) is 20.8 Å². The minimum Gasteiger partial charge on any atom is -0.354 e. The van der Waals surface area contributed by atoms with Crippen molar-refractivity contribution in [2.75, 3.05) is 13.1 Å². The summed E-state index contributed by atoms with van der Waals surface area (Å²) < 4.78 is 79.4. The molecule has 0 atom stereocenters. The Hall–Kier alpha value is -1.68. The maximum atomic E-state index is 15.3. The average Bonchev–Trinajstić information content (AvgIpc) is 2.65. The van der Waals surface area contributed by atoms with E-state index in [2.05, 4.69) is 10.6 Å². The molecule has 0 unspecified atom stereocenters. The van der Waals surface area contributed by atoms with Crippen molar-refractivity contribution in [2.24, 2.45) is 5.41 Å². The van der Waals surface area contributed by atoms with Crippen molar-refractivity contribution in [2.45, 2.75) is 68.6 Å². The number of alkyl halides is 4. The smallest absolute Gasteiger partial charge is 0.354 e. The van der Waals surface area contributed by atoms with Gasteiger partial charge < -0.3 is 10.6 Å². The number of amides is 1. The van der Waals surface area contributed by atoms with Gasteiger partial charge in [-0.3, -0.25) is 4.79 Å². The molecule has 2 rings (SSSR count). The molecule has 1 aromatic carbocycles. The molecule has 0 saturated heterocycles. The van der Waals surface area contributed by atoms with E-state index in [4.69, 9.17) is 0 Å². The van der Waals surface area contributed by atoms with Crippen LogP contribution in [0.15, 0.2) is 29.2 Å². The quantitative estimate of drug-likeness (QED) is 0.508. The molecule has 0 spiro atoms. The molecular formula is C20H28F4N2O3S. The van der Waals surface area contributed by atoms with Crippen LogP contribution in [0.1, 0.15) is 52.0 Å². The molecule has 1 aliphatic carbocycles. The third kappa shape index (κ3) is 5.72. The number of carbonyl (C=O) groups excluding carboxylic acids is 1. The Morgan fingerprint density at radius 2 is 1.73 bits per heavy atom. The third-order valence-electron chi connectivity index (χ3n) is 5.21. The normalized spacial score (nSPS) is 23.2. The first-order chi connectivity index (χ1) is 13.7. The molecule has 30 heavy (non-hydrogen) atoms. The second-order valence-corrected chi connectivity index (χ2v) is 10.9. The van der Waals surface area contributed by atoms with Gasteiger partial charge in [-0.2, -0.15) is 13.2 Å². The number of halogens is 4. The van der Waals surface area contributed by atoms with Crippen molar-refractivity contribution in [1.82, 2.24) is 10.6 Å². The lowest BCUT2D eigenvalue weighted by Crippen LogP contribution is -2.45. The highest BCUT2D eigenvalue weighted by atomic mass is 32.2. The second-order valence-electron chi connectivity index (χ2n) is 8.65. The molecule has 0 bridgehead atoms. The predicted octanol–water partition coefficient (Wildman–Crippen LogP) is 3.84. The van der Waals surface area contributed by atoms with Crippen molar-refractivity contribution in [3.8, 4) is 0 Å². The Kier molecular flexibility index (Phi) is 7.23. The van der Waals surface area contributed by atoms with Gasteiger partial charge in [-0.05, 0) is 43.9 Å². The van der Waals surface area contributed by atoms with Gasteiger partial charge in [-0.25, -0.2) is 12.8 Å². The summed E-state index contributed by atoms with van der Waals surface area (Å²) in [5, 5.41) is 3.34. The van der Waals surface area contributed by atoms with Gasteiger partial charge in [-0.1, -0.05) is 26.8 Å². The fraction of sp³-hybridized carbons (Fsp3) is 0.650. The topological polar surface area (TPSA) is 75.3 Å². The Balaban J connectivity index is 1.95. The number of rotatable bonds is 6. The molecule has 170 valence electrons. The highest BCUT2D eigenvalue weighted by Crippen LogP contribution is 2.41. The standard InChI is InChI=1S/C20H28F4N2O3S/c1-18(2,3)17(27)26-12-11-25-15-7-9-19(21,10-8-15)30(28,29)16-6-4-5-14(13-16)20(22,23)24/h4-6,13,15,25H,7-12H2,1-3H3,(H,26,27). The first-order valence-corrected chi connectivity index (χ1v) is 11.3. The molecule has 2 N–H and O–H groups in total. The van der Waals surface area contributed by atoms with Crippen molar-refractivity contribution < 1.29 is 30.8 Å². The lowest BCUT2D eigenvalue weighted by molar-refractivity contribution is -0.137. The summed E-state index contributed by atoms with van der Waals surface area (Å²) in [5.41, 5.74) is -1.63. The van der Waals surface area contributed by atoms with Crippen LogP contribution in [-0.4, -0.2) is 38.5 Å². The van der Waals surface area contributed by atoms with E-state index >= 15 is 4.39 Å². The highest BCUT2D eigenvalue weighted by Gasteiger charge is 2.48. The Labute approximate surface area is 174 Å². The summed E-state index contributed by atoms with van der Waals surface area (Å²) in [5.74, 6) is -0.0945. The van der Waals surface area contributed by atoms with Crippen LogP contribution in [0.5, 0.6) is 0 Å². The van der Waals surface area contributed by atoms with Gasteiger partial charge in [0, 0.05) is 24.5 Å². The summed E-state index contributed by atoms with van der Waals surface area (Å²) in [6, 6.07) is 3.08. The molecule has 0 aliphatic heterocycles. The van der Waals surface area contributed by atoms with Gasteiger partial charge in [0.1, 0.15) is 0 Å². The molecular weight excluding hydrogens is 424 g/mol. The Morgan fingerprint density at radius 3 is 2.27 bits per heavy atom. The summed E-state index contributed by atoms with van der Waals surface area (Å²) in [4.78, 5) is 11.1. The van der Waals surface area contributed by atoms with E-state index in [9.17, 15) is 26.4 Å². The van der Waals surface area contributed by atoms with Gasteiger partial charge in [0.25, 0.3) is 0 Å². The molecule has 1 fully saturated rings. The van der Waals surface area contributed by atoms with E-state index in [1.54, 1.807) is 20.8 Å². The fourth-order valence-electron chi connectivity index (χ4n) is 3.29. The SMILES string of the molecule is CC(C)(C)C(=O)NCCNC1CCC(F)(S(=O)(=O)c2cccc(C(F)(F)F)c2)CC1. The highest BCUT2D eigenvalue weighted by molar-refractivity contribution is 7.92. The molecule has 0 heterocycles. The maximum Gasteiger partial charge on any atom is 0.416 e. The molecule has 1 amide bonds. The van der Waals surface area contributed by atoms with Crippen molar-refractivity contribution in [1.29, 1.82) is 0 Å². The number of hydrogen-bond donors (Lipinski definition) is 2. The predicted molar refractivity (Wildman–Crippen MR) is 105 cm³/mol. The van der Waals surface area contributed by atoms with Crippen LogP contribution in [0.2, 0.25) is 0 Å². The summed E-state index contributed by atoms with van der Waals surface area (Å²) in [7, 11) is -4.57. The lowest BCUT2D eigenvalue weighted by atomic mass is 9.93. The van der Waals surface area contributed by atoms with Crippen LogP contribution in [0, 0.1) is 5.41 Å². The molecule has 0 radical (unpaired) electrons. The Morgan fingerprint density at radius 1 is 1.13 bits per heavy atom. The summed E-state index contributed by atoms with van der Waals surface area (Å²) in [6.45, 7) is 6.22. The van der Waals surface area contributed by atoms with Gasteiger partial charge in [-0.15, -0.1) is 0 Å². The monoisotopic (exact) mass is 452 g/mol. The number of carbonyl (C=O) groups is 1. The van der Waals surface area contributed by atoms with Gasteiger partial charge >= 0.3 is 6.18 Å². The van der Waals surface area contributed by atoms with Crippen LogP contribution in [0.3, 0.4) is 0 Å². The van der Waals surface area contributed by atoms with Gasteiger partial charge in [0.05, 0.1) is 10.5 Å². The van der Waals surface area contributed by atoms with Gasteiger partial charge in [0.2, 0.25) is 20.7 Å². The zero-order chi connectivity index (χ0) is 22.8. The van der Waals surface area contributed by atoms with Crippen molar-refractivity contribution in [3.05, 3.63) is 29.8 Å². The van der Waals surface area contributed by atoms with Crippen molar-refractivity contribution >= 4 is 15.7 Å². The van der Waals surface area contributed by atoms with E-state index in [1.165, 1.54) is 0 Å². The molecule has 0 aromatic heterocycles. The lowest BCUT2D eigenvalue weighted by Gasteiger charge is -2.34. The van der Waals surface area contributed by atoms with Crippen LogP contribution in [0.25, 0.3) is 0 Å². The molecule has 1 aromatic rings. The average molecular weight is 453 g/mol.